The summed E-state index contributed by atoms with van der Waals surface area (Å²) in [6, 6.07) is 0. The lowest BCUT2D eigenvalue weighted by molar-refractivity contribution is -0.223. The Morgan fingerprint density at radius 3 is 1.08 bits per heavy atom. The van der Waals surface area contributed by atoms with Crippen molar-refractivity contribution in [3.63, 3.8) is 0 Å². The van der Waals surface area contributed by atoms with Crippen LogP contribution in [0.3, 0.4) is 0 Å². The van der Waals surface area contributed by atoms with Gasteiger partial charge in [0.1, 0.15) is 46.8 Å². The maximum atomic E-state index is 12.4. The lowest BCUT2D eigenvalue weighted by atomic mass is 9.52. The number of hydrogen-bond donors (Lipinski definition) is 2. The van der Waals surface area contributed by atoms with Gasteiger partial charge in [0.05, 0.1) is 69.6 Å². The molecule has 16 fully saturated rings. The van der Waals surface area contributed by atoms with E-state index in [9.17, 15) is 53.4 Å². The van der Waals surface area contributed by atoms with Gasteiger partial charge in [0.15, 0.2) is 0 Å². The van der Waals surface area contributed by atoms with E-state index >= 15 is 0 Å². The molecule has 118 heavy (non-hydrogen) atoms. The van der Waals surface area contributed by atoms with E-state index in [0.29, 0.717) is 61.2 Å². The average Bonchev–Trinajstić information content (AvgIpc) is 1.60. The number of methoxy groups -OCH3 is 1. The van der Waals surface area contributed by atoms with Crippen molar-refractivity contribution in [1.29, 1.82) is 0 Å². The van der Waals surface area contributed by atoms with Gasteiger partial charge in [0.25, 0.3) is 0 Å². The maximum absolute atomic E-state index is 12.4. The molecule has 0 aromatic heterocycles. The zero-order chi connectivity index (χ0) is 78.3. The minimum absolute atomic E-state index is 0. The molecule has 16 rings (SSSR count). The second-order valence-electron chi connectivity index (χ2n) is 38.6. The second kappa shape index (κ2) is 46.2. The fourth-order valence-electron chi connectivity index (χ4n) is 21.0. The molecule has 20 heteroatoms. The molecule has 20 nitrogen and oxygen atoms in total. The number of carbonyl (C=O) groups excluding carboxylic acids is 9. The largest absolute Gasteiger partial charge is 0.469 e. The highest BCUT2D eigenvalue weighted by atomic mass is 16.6. The standard InChI is InChI=1S/C16H22O6.2C15H24O3.C14H20O4.2C13H24O2.12CH4/c1-5-16(2,3)15(19)22-12-7-6-8-10(9(7)13(17)20-4)14(18)21-11(8)12;2*1-3-10(2)13(16)18-15-7-11-4-12(8-15)6-14(17,5-11)9-15;1-4-14(2,3)13(16)18-10-7-5-8-9(6-7)12(15)17-11(8)10;2*1-5-12(3,4)11(14)15-13(6-2)9-7-8-10-13;;;;;;;;;;;;/h7-12H,5-6H2,1-4H3;2*10-12,17H,3-9H2,1-2H3;7-11H,4-6H2,1-3H3;2*5-10H2,1-4H3;12*1H4. The van der Waals surface area contributed by atoms with Gasteiger partial charge in [-0.05, 0) is 265 Å². The molecule has 0 amide bonds. The third-order valence-corrected chi connectivity index (χ3v) is 29.2. The molecular weight excluding hydrogens is 1500 g/mol. The summed E-state index contributed by atoms with van der Waals surface area (Å²) < 4.78 is 50.2. The Hall–Kier alpha value is -4.85. The van der Waals surface area contributed by atoms with E-state index in [4.69, 9.17) is 42.6 Å². The number of aliphatic hydroxyl groups is 2. The van der Waals surface area contributed by atoms with E-state index in [2.05, 4.69) is 13.8 Å². The van der Waals surface area contributed by atoms with Gasteiger partial charge in [-0.2, -0.15) is 0 Å². The fraction of sp³-hybridized carbons (Fsp3) is 0.908. The van der Waals surface area contributed by atoms with Gasteiger partial charge in [-0.3, -0.25) is 43.2 Å². The first kappa shape index (κ1) is 119. The molecule has 12 bridgehead atoms. The van der Waals surface area contributed by atoms with Crippen LogP contribution in [0.1, 0.15) is 413 Å². The van der Waals surface area contributed by atoms with Crippen LogP contribution in [0.25, 0.3) is 0 Å². The molecule has 698 valence electrons. The van der Waals surface area contributed by atoms with Crippen molar-refractivity contribution in [3.05, 3.63) is 0 Å². The Balaban J connectivity index is -0.000000651. The quantitative estimate of drug-likeness (QED) is 0.0798. The zero-order valence-electron chi connectivity index (χ0n) is 68.5. The topological polar surface area (TPSA) is 277 Å². The highest BCUT2D eigenvalue weighted by Gasteiger charge is 2.71. The summed E-state index contributed by atoms with van der Waals surface area (Å²) in [5.74, 6) is 0.232. The van der Waals surface area contributed by atoms with Gasteiger partial charge < -0.3 is 52.8 Å². The van der Waals surface area contributed by atoms with E-state index in [0.717, 1.165) is 135 Å². The van der Waals surface area contributed by atoms with Crippen LogP contribution in [-0.4, -0.2) is 129 Å². The van der Waals surface area contributed by atoms with E-state index in [1.807, 2.05) is 111 Å². The highest BCUT2D eigenvalue weighted by molar-refractivity contribution is 5.86. The summed E-state index contributed by atoms with van der Waals surface area (Å²) in [6.07, 6.45) is 28.3. The number of ether oxygens (including phenoxy) is 9. The Kier molecular flexibility index (Phi) is 46.8. The number of hydrogen-bond acceptors (Lipinski definition) is 20. The Morgan fingerprint density at radius 2 is 0.754 bits per heavy atom. The van der Waals surface area contributed by atoms with Crippen molar-refractivity contribution < 1.29 is 96.0 Å². The van der Waals surface area contributed by atoms with Crippen molar-refractivity contribution in [2.24, 2.45) is 98.6 Å². The van der Waals surface area contributed by atoms with Crippen LogP contribution < -0.4 is 0 Å². The fourth-order valence-corrected chi connectivity index (χ4v) is 21.0. The van der Waals surface area contributed by atoms with E-state index in [1.54, 1.807) is 0 Å². The average molecular weight is 1680 g/mol. The first-order valence-electron chi connectivity index (χ1n) is 41.8. The van der Waals surface area contributed by atoms with E-state index in [1.165, 1.54) is 45.6 Å². The van der Waals surface area contributed by atoms with E-state index < -0.39 is 52.0 Å². The van der Waals surface area contributed by atoms with Crippen molar-refractivity contribution in [3.8, 4) is 0 Å². The molecule has 0 spiro atoms. The second-order valence-corrected chi connectivity index (χ2v) is 38.6. The molecule has 2 aliphatic heterocycles. The number of rotatable bonds is 21. The zero-order valence-corrected chi connectivity index (χ0v) is 68.5. The summed E-state index contributed by atoms with van der Waals surface area (Å²) in [7, 11) is 1.31. The molecule has 17 atom stereocenters. The maximum Gasteiger partial charge on any atom is 0.312 e. The third-order valence-electron chi connectivity index (χ3n) is 29.2. The normalized spacial score (nSPS) is 33.0. The van der Waals surface area contributed by atoms with Crippen LogP contribution in [0.5, 0.6) is 0 Å². The highest BCUT2D eigenvalue weighted by Crippen LogP contribution is 2.62. The lowest BCUT2D eigenvalue weighted by Gasteiger charge is -2.59. The van der Waals surface area contributed by atoms with Crippen molar-refractivity contribution in [1.82, 2.24) is 0 Å². The molecule has 16 aliphatic rings. The summed E-state index contributed by atoms with van der Waals surface area (Å²) >= 11 is 0. The minimum Gasteiger partial charge on any atom is -0.469 e. The molecule has 0 aromatic carbocycles. The van der Waals surface area contributed by atoms with Crippen molar-refractivity contribution >= 4 is 53.7 Å². The SMILES string of the molecule is C.C.C.C.C.C.C.C.C.C.C.C.CCC(C)(C)C(=O)OC1C2CC3C(=O)OC1C3C2.CCC(C)(C)C(=O)OC1C2CC3C1OC(=O)C3C2C(=O)OC.CCC(C)C(=O)OC12CC3CC(CC(O)(C3)C1)C2.CCC(C)C(=O)OC12CC3CC(CC(O)(C3)C1)C2.CCC1(OC(=O)C(C)(C)CC)CCCC1.CCC1(OC(=O)C(C)(C)CC)CCCC1. The van der Waals surface area contributed by atoms with Crippen molar-refractivity contribution in [2.45, 2.75) is 471 Å². The van der Waals surface area contributed by atoms with Crippen LogP contribution >= 0.6 is 0 Å². The smallest absolute Gasteiger partial charge is 0.312 e. The third kappa shape index (κ3) is 25.7. The van der Waals surface area contributed by atoms with Gasteiger partial charge in [0.2, 0.25) is 0 Å². The predicted molar refractivity (Wildman–Crippen MR) is 478 cm³/mol. The molecule has 14 saturated carbocycles. The summed E-state index contributed by atoms with van der Waals surface area (Å²) in [6.45, 7) is 35.4. The first-order chi connectivity index (χ1) is 49.5. The van der Waals surface area contributed by atoms with Crippen LogP contribution in [0.15, 0.2) is 0 Å². The molecule has 2 N–H and O–H groups in total. The first-order valence-corrected chi connectivity index (χ1v) is 41.8. The molecule has 2 heterocycles. The monoisotopic (exact) mass is 1680 g/mol. The van der Waals surface area contributed by atoms with Gasteiger partial charge in [-0.25, -0.2) is 0 Å². The van der Waals surface area contributed by atoms with Crippen LogP contribution in [-0.2, 0) is 85.8 Å². The van der Waals surface area contributed by atoms with E-state index in [-0.39, 0.29) is 212 Å². The summed E-state index contributed by atoms with van der Waals surface area (Å²) in [5, 5.41) is 21.2. The molecule has 17 unspecified atom stereocenters. The van der Waals surface area contributed by atoms with Crippen LogP contribution in [0.2, 0.25) is 0 Å². The number of fused-ring (bicyclic) bond motifs is 2. The Labute approximate surface area is 722 Å². The van der Waals surface area contributed by atoms with Gasteiger partial charge in [0, 0.05) is 36.5 Å². The van der Waals surface area contributed by atoms with Crippen LogP contribution in [0, 0.1) is 98.6 Å². The summed E-state index contributed by atoms with van der Waals surface area (Å²) in [4.78, 5) is 108. The van der Waals surface area contributed by atoms with Gasteiger partial charge in [-0.15, -0.1) is 0 Å². The molecule has 14 aliphatic carbocycles. The lowest BCUT2D eigenvalue weighted by Crippen LogP contribution is -2.60. The molecular formula is C98H186O20. The molecule has 0 radical (unpaired) electrons. The molecule has 2 saturated heterocycles. The van der Waals surface area contributed by atoms with Gasteiger partial charge in [-0.1, -0.05) is 158 Å². The minimum atomic E-state index is -0.593. The predicted octanol–water partition coefficient (Wildman–Crippen LogP) is 23.6. The van der Waals surface area contributed by atoms with Crippen molar-refractivity contribution in [2.75, 3.05) is 7.11 Å². The van der Waals surface area contributed by atoms with Gasteiger partial charge >= 0.3 is 53.7 Å². The Morgan fingerprint density at radius 1 is 0.424 bits per heavy atom. The van der Waals surface area contributed by atoms with Crippen LogP contribution in [0.4, 0.5) is 0 Å². The number of esters is 9. The molecule has 0 aromatic rings. The Bertz CT molecular complexity index is 3000. The number of carbonyl (C=O) groups is 9. The summed E-state index contributed by atoms with van der Waals surface area (Å²) in [5.41, 5.74) is -3.73.